The Bertz CT molecular complexity index is 243. The van der Waals surface area contributed by atoms with E-state index in [-0.39, 0.29) is 11.8 Å². The van der Waals surface area contributed by atoms with Gasteiger partial charge in [-0.2, -0.15) is 5.26 Å². The Balaban J connectivity index is 2.07. The first-order chi connectivity index (χ1) is 5.81. The number of fused-ring (bicyclic) bond motifs is 1. The Morgan fingerprint density at radius 1 is 1.42 bits per heavy atom. The minimum atomic E-state index is 0.0864. The molecule has 3 nitrogen and oxygen atoms in total. The fourth-order valence-electron chi connectivity index (χ4n) is 2.17. The van der Waals surface area contributed by atoms with E-state index in [4.69, 9.17) is 5.26 Å². The summed E-state index contributed by atoms with van der Waals surface area (Å²) in [6.45, 7) is 0.681. The van der Waals surface area contributed by atoms with Gasteiger partial charge in [-0.3, -0.25) is 4.79 Å². The van der Waals surface area contributed by atoms with Gasteiger partial charge in [-0.15, -0.1) is 0 Å². The van der Waals surface area contributed by atoms with Crippen molar-refractivity contribution in [3.8, 4) is 6.07 Å². The lowest BCUT2D eigenvalue weighted by Gasteiger charge is -2.32. The molecule has 0 bridgehead atoms. The van der Waals surface area contributed by atoms with Crippen LogP contribution in [0.15, 0.2) is 0 Å². The molecule has 0 aromatic carbocycles. The molecule has 2 unspecified atom stereocenters. The van der Waals surface area contributed by atoms with Gasteiger partial charge in [0.05, 0.1) is 12.0 Å². The maximum absolute atomic E-state index is 11.3. The summed E-state index contributed by atoms with van der Waals surface area (Å²) in [5.74, 6) is 0.336. The molecule has 0 aliphatic carbocycles. The Morgan fingerprint density at radius 3 is 3.00 bits per heavy atom. The fourth-order valence-corrected chi connectivity index (χ4v) is 2.17. The summed E-state index contributed by atoms with van der Waals surface area (Å²) in [7, 11) is 0. The lowest BCUT2D eigenvalue weighted by Crippen LogP contribution is -2.41. The summed E-state index contributed by atoms with van der Waals surface area (Å²) >= 11 is 0. The van der Waals surface area contributed by atoms with Crippen molar-refractivity contribution in [3.63, 3.8) is 0 Å². The van der Waals surface area contributed by atoms with Gasteiger partial charge >= 0.3 is 0 Å². The van der Waals surface area contributed by atoms with E-state index in [1.807, 2.05) is 4.90 Å². The van der Waals surface area contributed by atoms with Gasteiger partial charge < -0.3 is 4.90 Å². The van der Waals surface area contributed by atoms with Crippen molar-refractivity contribution in [2.45, 2.75) is 31.7 Å². The molecular formula is C9H12N2O. The molecule has 2 heterocycles. The Kier molecular flexibility index (Phi) is 1.76. The SMILES string of the molecule is N#CC1CCC2CCC(=O)N2C1. The van der Waals surface area contributed by atoms with Crippen molar-refractivity contribution in [2.75, 3.05) is 6.54 Å². The van der Waals surface area contributed by atoms with E-state index >= 15 is 0 Å². The first-order valence-corrected chi connectivity index (χ1v) is 4.50. The van der Waals surface area contributed by atoms with Crippen LogP contribution in [0.4, 0.5) is 0 Å². The van der Waals surface area contributed by atoms with Crippen LogP contribution in [0.2, 0.25) is 0 Å². The van der Waals surface area contributed by atoms with Gasteiger partial charge in [0, 0.05) is 19.0 Å². The minimum absolute atomic E-state index is 0.0864. The van der Waals surface area contributed by atoms with Crippen LogP contribution in [-0.2, 0) is 4.79 Å². The highest BCUT2D eigenvalue weighted by molar-refractivity contribution is 5.78. The molecule has 1 amide bonds. The number of hydrogen-bond acceptors (Lipinski definition) is 2. The summed E-state index contributed by atoms with van der Waals surface area (Å²) in [6.07, 6.45) is 3.72. The number of carbonyl (C=O) groups excluding carboxylic acids is 1. The largest absolute Gasteiger partial charge is 0.338 e. The number of rotatable bonds is 0. The summed E-state index contributed by atoms with van der Waals surface area (Å²) in [4.78, 5) is 13.2. The van der Waals surface area contributed by atoms with Crippen molar-refractivity contribution in [1.82, 2.24) is 4.90 Å². The molecule has 2 rings (SSSR count). The van der Waals surface area contributed by atoms with E-state index in [9.17, 15) is 4.79 Å². The molecule has 0 saturated carbocycles. The van der Waals surface area contributed by atoms with Crippen molar-refractivity contribution in [1.29, 1.82) is 5.26 Å². The Labute approximate surface area is 72.0 Å². The Hall–Kier alpha value is -1.04. The number of hydrogen-bond donors (Lipinski definition) is 0. The molecule has 2 atom stereocenters. The van der Waals surface area contributed by atoms with E-state index in [0.29, 0.717) is 19.0 Å². The average Bonchev–Trinajstić information content (AvgIpc) is 2.47. The molecule has 64 valence electrons. The molecule has 0 N–H and O–H groups in total. The van der Waals surface area contributed by atoms with Crippen molar-refractivity contribution < 1.29 is 4.79 Å². The summed E-state index contributed by atoms with van der Waals surface area (Å²) in [6, 6.07) is 2.70. The zero-order valence-corrected chi connectivity index (χ0v) is 6.99. The van der Waals surface area contributed by atoms with Crippen LogP contribution in [0.25, 0.3) is 0 Å². The molecule has 0 aromatic heterocycles. The molecule has 0 spiro atoms. The van der Waals surface area contributed by atoms with Gasteiger partial charge in [-0.25, -0.2) is 0 Å². The summed E-state index contributed by atoms with van der Waals surface area (Å²) < 4.78 is 0. The molecule has 0 aromatic rings. The van der Waals surface area contributed by atoms with Crippen LogP contribution in [0.5, 0.6) is 0 Å². The van der Waals surface area contributed by atoms with E-state index in [2.05, 4.69) is 6.07 Å². The van der Waals surface area contributed by atoms with E-state index in [1.54, 1.807) is 0 Å². The molecule has 12 heavy (non-hydrogen) atoms. The number of amides is 1. The first-order valence-electron chi connectivity index (χ1n) is 4.50. The molecule has 2 fully saturated rings. The van der Waals surface area contributed by atoms with Crippen LogP contribution < -0.4 is 0 Å². The van der Waals surface area contributed by atoms with E-state index in [0.717, 1.165) is 19.3 Å². The lowest BCUT2D eigenvalue weighted by atomic mass is 9.95. The van der Waals surface area contributed by atoms with Crippen molar-refractivity contribution in [3.05, 3.63) is 0 Å². The predicted molar refractivity (Wildman–Crippen MR) is 43.1 cm³/mol. The summed E-state index contributed by atoms with van der Waals surface area (Å²) in [5, 5.41) is 8.71. The number of piperidine rings is 1. The molecule has 2 saturated heterocycles. The van der Waals surface area contributed by atoms with Gasteiger partial charge in [-0.1, -0.05) is 0 Å². The van der Waals surface area contributed by atoms with E-state index in [1.165, 1.54) is 0 Å². The van der Waals surface area contributed by atoms with Crippen molar-refractivity contribution >= 4 is 5.91 Å². The minimum Gasteiger partial charge on any atom is -0.338 e. The van der Waals surface area contributed by atoms with Gasteiger partial charge in [0.15, 0.2) is 0 Å². The van der Waals surface area contributed by atoms with Gasteiger partial charge in [0.25, 0.3) is 0 Å². The second-order valence-corrected chi connectivity index (χ2v) is 3.64. The van der Waals surface area contributed by atoms with Gasteiger partial charge in [0.1, 0.15) is 0 Å². The van der Waals surface area contributed by atoms with Crippen LogP contribution in [0.1, 0.15) is 25.7 Å². The zero-order chi connectivity index (χ0) is 8.55. The second kappa shape index (κ2) is 2.78. The van der Waals surface area contributed by atoms with Crippen LogP contribution in [-0.4, -0.2) is 23.4 Å². The van der Waals surface area contributed by atoms with Crippen molar-refractivity contribution in [2.24, 2.45) is 5.92 Å². The van der Waals surface area contributed by atoms with Gasteiger partial charge in [-0.05, 0) is 19.3 Å². The smallest absolute Gasteiger partial charge is 0.222 e. The topological polar surface area (TPSA) is 44.1 Å². The highest BCUT2D eigenvalue weighted by Gasteiger charge is 2.35. The van der Waals surface area contributed by atoms with E-state index < -0.39 is 0 Å². The highest BCUT2D eigenvalue weighted by Crippen LogP contribution is 2.29. The zero-order valence-electron chi connectivity index (χ0n) is 6.99. The second-order valence-electron chi connectivity index (χ2n) is 3.64. The maximum Gasteiger partial charge on any atom is 0.222 e. The molecule has 2 aliphatic heterocycles. The third-order valence-corrected chi connectivity index (χ3v) is 2.90. The number of carbonyl (C=O) groups is 1. The predicted octanol–water partition coefficient (Wildman–Crippen LogP) is 0.911. The Morgan fingerprint density at radius 2 is 2.25 bits per heavy atom. The lowest BCUT2D eigenvalue weighted by molar-refractivity contribution is -0.130. The number of nitrogens with zero attached hydrogens (tertiary/aromatic N) is 2. The van der Waals surface area contributed by atoms with Crippen LogP contribution >= 0.6 is 0 Å². The molecule has 0 radical (unpaired) electrons. The normalized spacial score (nSPS) is 34.6. The highest BCUT2D eigenvalue weighted by atomic mass is 16.2. The third-order valence-electron chi connectivity index (χ3n) is 2.90. The molecular weight excluding hydrogens is 152 g/mol. The maximum atomic E-state index is 11.3. The quantitative estimate of drug-likeness (QED) is 0.534. The summed E-state index contributed by atoms with van der Waals surface area (Å²) in [5.41, 5.74) is 0. The van der Waals surface area contributed by atoms with Gasteiger partial charge in [0.2, 0.25) is 5.91 Å². The molecule has 3 heteroatoms. The average molecular weight is 164 g/mol. The standard InChI is InChI=1S/C9H12N2O/c10-5-7-1-2-8-3-4-9(12)11(8)6-7/h7-8H,1-4,6H2. The number of nitriles is 1. The first kappa shape index (κ1) is 7.60. The van der Waals surface area contributed by atoms with Crippen LogP contribution in [0.3, 0.4) is 0 Å². The fraction of sp³-hybridized carbons (Fsp3) is 0.778. The monoisotopic (exact) mass is 164 g/mol. The molecule has 2 aliphatic rings. The third kappa shape index (κ3) is 1.08. The van der Waals surface area contributed by atoms with Crippen LogP contribution in [0, 0.1) is 17.2 Å².